The molecule has 2 aliphatic heterocycles. The minimum atomic E-state index is 0.135. The Balaban J connectivity index is 1.55. The van der Waals surface area contributed by atoms with Crippen molar-refractivity contribution >= 4 is 17.4 Å². The Hall–Kier alpha value is -1.07. The van der Waals surface area contributed by atoms with E-state index in [1.54, 1.807) is 0 Å². The van der Waals surface area contributed by atoms with E-state index in [1.165, 1.54) is 4.88 Å². The van der Waals surface area contributed by atoms with Gasteiger partial charge in [-0.25, -0.2) is 4.79 Å². The molecule has 2 amide bonds. The molecule has 2 saturated heterocycles. The van der Waals surface area contributed by atoms with Crippen molar-refractivity contribution in [2.24, 2.45) is 0 Å². The standard InChI is InChI=1S/C16H25N3OS/c1-12-10-13(15-4-3-9-21-15)11-19(12)16(20)17-14-5-7-18(2)8-6-14/h3-4,9,12-14H,5-8,10-11H2,1-2H3,(H,17,20). The van der Waals surface area contributed by atoms with Crippen molar-refractivity contribution in [2.75, 3.05) is 26.7 Å². The van der Waals surface area contributed by atoms with E-state index in [2.05, 4.69) is 41.7 Å². The van der Waals surface area contributed by atoms with Crippen molar-refractivity contribution < 1.29 is 4.79 Å². The molecule has 21 heavy (non-hydrogen) atoms. The Kier molecular flexibility index (Phi) is 4.50. The van der Waals surface area contributed by atoms with Crippen LogP contribution in [0.2, 0.25) is 0 Å². The highest BCUT2D eigenvalue weighted by Crippen LogP contribution is 2.34. The lowest BCUT2D eigenvalue weighted by Gasteiger charge is -2.31. The number of nitrogens with one attached hydrogen (secondary N) is 1. The molecule has 2 fully saturated rings. The number of likely N-dealkylation sites (tertiary alicyclic amines) is 2. The lowest BCUT2D eigenvalue weighted by molar-refractivity contribution is 0.179. The number of urea groups is 1. The topological polar surface area (TPSA) is 35.6 Å². The van der Waals surface area contributed by atoms with Crippen LogP contribution < -0.4 is 5.32 Å². The molecular weight excluding hydrogens is 282 g/mol. The molecule has 1 aromatic rings. The fourth-order valence-electron chi connectivity index (χ4n) is 3.45. The molecule has 2 atom stereocenters. The summed E-state index contributed by atoms with van der Waals surface area (Å²) in [5.74, 6) is 0.517. The van der Waals surface area contributed by atoms with E-state index in [0.29, 0.717) is 18.0 Å². The SMILES string of the molecule is CC1CC(c2cccs2)CN1C(=O)NC1CCN(C)CC1. The van der Waals surface area contributed by atoms with Gasteiger partial charge in [-0.05, 0) is 57.8 Å². The van der Waals surface area contributed by atoms with Gasteiger partial charge < -0.3 is 15.1 Å². The zero-order valence-corrected chi connectivity index (χ0v) is 13.7. The molecule has 3 heterocycles. The Morgan fingerprint density at radius 3 is 2.81 bits per heavy atom. The van der Waals surface area contributed by atoms with Gasteiger partial charge in [0, 0.05) is 29.4 Å². The van der Waals surface area contributed by atoms with Crippen LogP contribution in [0.15, 0.2) is 17.5 Å². The number of hydrogen-bond acceptors (Lipinski definition) is 3. The Bertz CT molecular complexity index is 468. The molecule has 0 spiro atoms. The van der Waals surface area contributed by atoms with E-state index in [0.717, 1.165) is 38.9 Å². The summed E-state index contributed by atoms with van der Waals surface area (Å²) in [6, 6.07) is 5.12. The molecule has 1 N–H and O–H groups in total. The molecule has 0 bridgehead atoms. The minimum Gasteiger partial charge on any atom is -0.335 e. The molecule has 4 nitrogen and oxygen atoms in total. The van der Waals surface area contributed by atoms with Crippen LogP contribution in [0.3, 0.4) is 0 Å². The molecule has 2 aliphatic rings. The van der Waals surface area contributed by atoms with Crippen molar-refractivity contribution in [1.29, 1.82) is 0 Å². The zero-order chi connectivity index (χ0) is 14.8. The van der Waals surface area contributed by atoms with Crippen LogP contribution in [-0.2, 0) is 0 Å². The predicted octanol–water partition coefficient (Wildman–Crippen LogP) is 2.73. The van der Waals surface area contributed by atoms with Crippen molar-refractivity contribution in [2.45, 2.75) is 44.2 Å². The molecule has 2 unspecified atom stereocenters. The third kappa shape index (κ3) is 3.40. The van der Waals surface area contributed by atoms with Crippen LogP contribution in [0.25, 0.3) is 0 Å². The van der Waals surface area contributed by atoms with Gasteiger partial charge in [0.15, 0.2) is 0 Å². The van der Waals surface area contributed by atoms with Gasteiger partial charge in [0.25, 0.3) is 0 Å². The second-order valence-corrected chi connectivity index (χ2v) is 7.46. The summed E-state index contributed by atoms with van der Waals surface area (Å²) in [5, 5.41) is 5.37. The smallest absolute Gasteiger partial charge is 0.317 e. The summed E-state index contributed by atoms with van der Waals surface area (Å²) in [6.07, 6.45) is 3.22. The predicted molar refractivity (Wildman–Crippen MR) is 86.9 cm³/mol. The highest BCUT2D eigenvalue weighted by molar-refractivity contribution is 7.10. The molecule has 0 radical (unpaired) electrons. The third-order valence-corrected chi connectivity index (χ3v) is 5.86. The first-order valence-corrected chi connectivity index (χ1v) is 8.80. The van der Waals surface area contributed by atoms with E-state index < -0.39 is 0 Å². The van der Waals surface area contributed by atoms with Crippen LogP contribution in [0, 0.1) is 0 Å². The number of carbonyl (C=O) groups excluding carboxylic acids is 1. The van der Waals surface area contributed by atoms with E-state index >= 15 is 0 Å². The molecule has 0 saturated carbocycles. The first-order valence-electron chi connectivity index (χ1n) is 7.92. The zero-order valence-electron chi connectivity index (χ0n) is 12.9. The Labute approximate surface area is 131 Å². The maximum Gasteiger partial charge on any atom is 0.317 e. The van der Waals surface area contributed by atoms with Crippen molar-refractivity contribution in [3.05, 3.63) is 22.4 Å². The lowest BCUT2D eigenvalue weighted by atomic mass is 10.1. The van der Waals surface area contributed by atoms with Gasteiger partial charge >= 0.3 is 6.03 Å². The summed E-state index contributed by atoms with van der Waals surface area (Å²) < 4.78 is 0. The number of piperidine rings is 1. The van der Waals surface area contributed by atoms with E-state index in [-0.39, 0.29) is 6.03 Å². The highest BCUT2D eigenvalue weighted by Gasteiger charge is 2.34. The van der Waals surface area contributed by atoms with E-state index in [9.17, 15) is 4.79 Å². The normalized spacial score (nSPS) is 28.0. The van der Waals surface area contributed by atoms with Crippen LogP contribution in [0.4, 0.5) is 4.79 Å². The molecule has 1 aromatic heterocycles. The fraction of sp³-hybridized carbons (Fsp3) is 0.688. The summed E-state index contributed by atoms with van der Waals surface area (Å²) in [5.41, 5.74) is 0. The summed E-state index contributed by atoms with van der Waals surface area (Å²) >= 11 is 1.81. The number of amides is 2. The van der Waals surface area contributed by atoms with Gasteiger partial charge in [-0.1, -0.05) is 6.07 Å². The number of hydrogen-bond donors (Lipinski definition) is 1. The molecule has 0 aromatic carbocycles. The molecule has 0 aliphatic carbocycles. The summed E-state index contributed by atoms with van der Waals surface area (Å²) in [7, 11) is 2.15. The molecular formula is C16H25N3OS. The molecule has 3 rings (SSSR count). The first kappa shape index (κ1) is 14.9. The number of thiophene rings is 1. The van der Waals surface area contributed by atoms with Crippen LogP contribution in [0.5, 0.6) is 0 Å². The third-order valence-electron chi connectivity index (χ3n) is 4.83. The monoisotopic (exact) mass is 307 g/mol. The summed E-state index contributed by atoms with van der Waals surface area (Å²) in [6.45, 7) is 5.19. The Morgan fingerprint density at radius 1 is 1.38 bits per heavy atom. The van der Waals surface area contributed by atoms with Gasteiger partial charge in [0.2, 0.25) is 0 Å². The van der Waals surface area contributed by atoms with Crippen molar-refractivity contribution in [1.82, 2.24) is 15.1 Å². The second-order valence-electron chi connectivity index (χ2n) is 6.48. The van der Waals surface area contributed by atoms with Crippen LogP contribution in [0.1, 0.15) is 37.0 Å². The molecule has 5 heteroatoms. The molecule has 116 valence electrons. The largest absolute Gasteiger partial charge is 0.335 e. The fourth-order valence-corrected chi connectivity index (χ4v) is 4.29. The maximum atomic E-state index is 12.5. The average molecular weight is 307 g/mol. The van der Waals surface area contributed by atoms with Gasteiger partial charge in [-0.3, -0.25) is 0 Å². The number of carbonyl (C=O) groups is 1. The quantitative estimate of drug-likeness (QED) is 0.912. The van der Waals surface area contributed by atoms with Gasteiger partial charge in [-0.2, -0.15) is 0 Å². The van der Waals surface area contributed by atoms with Crippen molar-refractivity contribution in [3.63, 3.8) is 0 Å². The maximum absolute atomic E-state index is 12.5. The lowest BCUT2D eigenvalue weighted by Crippen LogP contribution is -2.49. The average Bonchev–Trinajstić information content (AvgIpc) is 3.10. The summed E-state index contributed by atoms with van der Waals surface area (Å²) in [4.78, 5) is 18.3. The number of nitrogens with zero attached hydrogens (tertiary/aromatic N) is 2. The van der Waals surface area contributed by atoms with Gasteiger partial charge in [-0.15, -0.1) is 11.3 Å². The second kappa shape index (κ2) is 6.36. The van der Waals surface area contributed by atoms with E-state index in [4.69, 9.17) is 0 Å². The Morgan fingerprint density at radius 2 is 2.14 bits per heavy atom. The first-order chi connectivity index (χ1) is 10.1. The van der Waals surface area contributed by atoms with Gasteiger partial charge in [0.1, 0.15) is 0 Å². The minimum absolute atomic E-state index is 0.135. The van der Waals surface area contributed by atoms with Crippen LogP contribution >= 0.6 is 11.3 Å². The van der Waals surface area contributed by atoms with Crippen LogP contribution in [-0.4, -0.2) is 54.6 Å². The highest BCUT2D eigenvalue weighted by atomic mass is 32.1. The van der Waals surface area contributed by atoms with E-state index in [1.807, 2.05) is 16.2 Å². The van der Waals surface area contributed by atoms with Crippen molar-refractivity contribution in [3.8, 4) is 0 Å². The van der Waals surface area contributed by atoms with Gasteiger partial charge in [0.05, 0.1) is 0 Å². The number of rotatable bonds is 2.